The molecular weight excluding hydrogens is 316 g/mol. The van der Waals surface area contributed by atoms with Crippen LogP contribution in [0.3, 0.4) is 0 Å². The molecule has 2 saturated heterocycles. The van der Waals surface area contributed by atoms with Gasteiger partial charge in [-0.3, -0.25) is 14.8 Å². The number of amides is 1. The molecule has 25 heavy (non-hydrogen) atoms. The van der Waals surface area contributed by atoms with E-state index in [0.29, 0.717) is 12.5 Å². The summed E-state index contributed by atoms with van der Waals surface area (Å²) in [6, 6.07) is 11.0. The summed E-state index contributed by atoms with van der Waals surface area (Å²) in [5.74, 6) is 0.117. The van der Waals surface area contributed by atoms with E-state index in [2.05, 4.69) is 44.7 Å². The average Bonchev–Trinajstić information content (AvgIpc) is 3.29. The van der Waals surface area contributed by atoms with Gasteiger partial charge in [-0.25, -0.2) is 0 Å². The minimum Gasteiger partial charge on any atom is -0.371 e. The lowest BCUT2D eigenvalue weighted by atomic mass is 10.1. The van der Waals surface area contributed by atoms with Crippen molar-refractivity contribution >= 4 is 5.91 Å². The number of hydrogen-bond donors (Lipinski definition) is 2. The molecule has 2 aliphatic rings. The highest BCUT2D eigenvalue weighted by Gasteiger charge is 2.38. The lowest BCUT2D eigenvalue weighted by molar-refractivity contribution is -0.121. The predicted molar refractivity (Wildman–Crippen MR) is 94.0 cm³/mol. The summed E-state index contributed by atoms with van der Waals surface area (Å²) < 4.78 is 6.06. The summed E-state index contributed by atoms with van der Waals surface area (Å²) in [5, 5.41) is 9.87. The first kappa shape index (κ1) is 16.3. The predicted octanol–water partition coefficient (Wildman–Crippen LogP) is 1.67. The van der Waals surface area contributed by atoms with Gasteiger partial charge in [-0.1, -0.05) is 30.3 Å². The Bertz CT molecular complexity index is 689. The molecule has 0 aliphatic carbocycles. The maximum absolute atomic E-state index is 12.2. The SMILES string of the molecule is O=C(CCc1cn[nH]c1)N[C@@H]1C[C@H]2CO[C@@H](c3ccccc3)CN2C1. The second-order valence-electron chi connectivity index (χ2n) is 6.95. The number of ether oxygens (including phenoxy) is 1. The summed E-state index contributed by atoms with van der Waals surface area (Å²) in [4.78, 5) is 14.7. The molecule has 0 saturated carbocycles. The Labute approximate surface area is 147 Å². The third-order valence-corrected chi connectivity index (χ3v) is 5.15. The van der Waals surface area contributed by atoms with E-state index >= 15 is 0 Å². The van der Waals surface area contributed by atoms with Crippen LogP contribution in [0.2, 0.25) is 0 Å². The minimum absolute atomic E-state index is 0.117. The number of aromatic nitrogens is 2. The van der Waals surface area contributed by atoms with Gasteiger partial charge in [0.05, 0.1) is 18.9 Å². The first-order valence-corrected chi connectivity index (χ1v) is 8.95. The third kappa shape index (κ3) is 3.91. The van der Waals surface area contributed by atoms with Crippen LogP contribution in [-0.2, 0) is 16.0 Å². The molecule has 0 spiro atoms. The molecule has 4 rings (SSSR count). The number of carbonyl (C=O) groups excluding carboxylic acids is 1. The van der Waals surface area contributed by atoms with Gasteiger partial charge in [0.15, 0.2) is 0 Å². The number of carbonyl (C=O) groups is 1. The van der Waals surface area contributed by atoms with Crippen molar-refractivity contribution in [3.8, 4) is 0 Å². The number of nitrogens with zero attached hydrogens (tertiary/aromatic N) is 2. The smallest absolute Gasteiger partial charge is 0.220 e. The Hall–Kier alpha value is -2.18. The van der Waals surface area contributed by atoms with Gasteiger partial charge in [-0.2, -0.15) is 5.10 Å². The molecule has 0 bridgehead atoms. The first-order chi connectivity index (χ1) is 12.3. The van der Waals surface area contributed by atoms with Gasteiger partial charge in [-0.05, 0) is 24.0 Å². The van der Waals surface area contributed by atoms with E-state index in [1.54, 1.807) is 6.20 Å². The van der Waals surface area contributed by atoms with E-state index in [4.69, 9.17) is 4.74 Å². The monoisotopic (exact) mass is 340 g/mol. The number of morpholine rings is 1. The average molecular weight is 340 g/mol. The van der Waals surface area contributed by atoms with Crippen LogP contribution in [0.5, 0.6) is 0 Å². The Balaban J connectivity index is 1.27. The van der Waals surface area contributed by atoms with Crippen LogP contribution >= 0.6 is 0 Å². The molecule has 3 heterocycles. The zero-order chi connectivity index (χ0) is 17.1. The topological polar surface area (TPSA) is 70.2 Å². The van der Waals surface area contributed by atoms with Gasteiger partial charge in [0.1, 0.15) is 0 Å². The van der Waals surface area contributed by atoms with Gasteiger partial charge in [0.2, 0.25) is 5.91 Å². The van der Waals surface area contributed by atoms with Crippen molar-refractivity contribution < 1.29 is 9.53 Å². The van der Waals surface area contributed by atoms with E-state index in [-0.39, 0.29) is 18.1 Å². The van der Waals surface area contributed by atoms with Gasteiger partial charge in [-0.15, -0.1) is 0 Å². The molecule has 0 radical (unpaired) electrons. The normalized spacial score (nSPS) is 26.3. The number of H-pyrrole nitrogens is 1. The van der Waals surface area contributed by atoms with E-state index < -0.39 is 0 Å². The molecule has 1 aromatic heterocycles. The molecule has 1 amide bonds. The van der Waals surface area contributed by atoms with E-state index in [1.165, 1.54) is 5.56 Å². The van der Waals surface area contributed by atoms with Crippen molar-refractivity contribution in [2.45, 2.75) is 37.5 Å². The Morgan fingerprint density at radius 3 is 3.00 bits per heavy atom. The first-order valence-electron chi connectivity index (χ1n) is 8.95. The van der Waals surface area contributed by atoms with Crippen LogP contribution in [0, 0.1) is 0 Å². The van der Waals surface area contributed by atoms with Gasteiger partial charge >= 0.3 is 0 Å². The summed E-state index contributed by atoms with van der Waals surface area (Å²) >= 11 is 0. The summed E-state index contributed by atoms with van der Waals surface area (Å²) in [7, 11) is 0. The number of aromatic amines is 1. The largest absolute Gasteiger partial charge is 0.371 e. The van der Waals surface area contributed by atoms with E-state index in [0.717, 1.165) is 38.1 Å². The third-order valence-electron chi connectivity index (χ3n) is 5.15. The Morgan fingerprint density at radius 1 is 1.32 bits per heavy atom. The highest BCUT2D eigenvalue weighted by Crippen LogP contribution is 2.30. The zero-order valence-electron chi connectivity index (χ0n) is 14.2. The molecule has 3 atom stereocenters. The minimum atomic E-state index is 0.117. The molecule has 2 N–H and O–H groups in total. The maximum atomic E-state index is 12.2. The molecule has 2 aliphatic heterocycles. The molecule has 132 valence electrons. The van der Waals surface area contributed by atoms with Crippen molar-refractivity contribution in [1.82, 2.24) is 20.4 Å². The second kappa shape index (κ2) is 7.37. The summed E-state index contributed by atoms with van der Waals surface area (Å²) in [6.07, 6.45) is 5.94. The van der Waals surface area contributed by atoms with Gasteiger partial charge in [0, 0.05) is 37.8 Å². The highest BCUT2D eigenvalue weighted by atomic mass is 16.5. The molecule has 6 heteroatoms. The summed E-state index contributed by atoms with van der Waals surface area (Å²) in [5.41, 5.74) is 2.30. The Kier molecular flexibility index (Phi) is 4.81. The molecule has 2 fully saturated rings. The highest BCUT2D eigenvalue weighted by molar-refractivity contribution is 5.76. The number of hydrogen-bond acceptors (Lipinski definition) is 4. The van der Waals surface area contributed by atoms with Crippen LogP contribution in [-0.4, -0.2) is 52.8 Å². The van der Waals surface area contributed by atoms with Crippen molar-refractivity contribution in [2.75, 3.05) is 19.7 Å². The molecule has 6 nitrogen and oxygen atoms in total. The van der Waals surface area contributed by atoms with Gasteiger partial charge < -0.3 is 10.1 Å². The molecule has 1 aromatic carbocycles. The van der Waals surface area contributed by atoms with Crippen molar-refractivity contribution in [3.05, 3.63) is 53.9 Å². The number of nitrogens with one attached hydrogen (secondary N) is 2. The van der Waals surface area contributed by atoms with Crippen molar-refractivity contribution in [3.63, 3.8) is 0 Å². The van der Waals surface area contributed by atoms with E-state index in [9.17, 15) is 4.79 Å². The van der Waals surface area contributed by atoms with E-state index in [1.807, 2.05) is 12.3 Å². The fraction of sp³-hybridized carbons (Fsp3) is 0.474. The van der Waals surface area contributed by atoms with Crippen LogP contribution in [0.25, 0.3) is 0 Å². The van der Waals surface area contributed by atoms with Crippen LogP contribution in [0.4, 0.5) is 0 Å². The van der Waals surface area contributed by atoms with Crippen molar-refractivity contribution in [1.29, 1.82) is 0 Å². The molecular formula is C19H24N4O2. The lowest BCUT2D eigenvalue weighted by Gasteiger charge is -2.35. The Morgan fingerprint density at radius 2 is 2.20 bits per heavy atom. The molecule has 0 unspecified atom stereocenters. The quantitative estimate of drug-likeness (QED) is 0.869. The van der Waals surface area contributed by atoms with Gasteiger partial charge in [0.25, 0.3) is 0 Å². The lowest BCUT2D eigenvalue weighted by Crippen LogP contribution is -2.43. The fourth-order valence-corrected chi connectivity index (χ4v) is 3.82. The van der Waals surface area contributed by atoms with Crippen molar-refractivity contribution in [2.24, 2.45) is 0 Å². The number of aryl methyl sites for hydroxylation is 1. The molecule has 2 aromatic rings. The van der Waals surface area contributed by atoms with Crippen LogP contribution < -0.4 is 5.32 Å². The number of fused-ring (bicyclic) bond motifs is 1. The maximum Gasteiger partial charge on any atom is 0.220 e. The van der Waals surface area contributed by atoms with Crippen LogP contribution in [0.1, 0.15) is 30.1 Å². The number of benzene rings is 1. The van der Waals surface area contributed by atoms with Crippen LogP contribution in [0.15, 0.2) is 42.7 Å². The number of rotatable bonds is 5. The fourth-order valence-electron chi connectivity index (χ4n) is 3.82. The standard InChI is InChI=1S/C19H24N4O2/c24-19(7-6-14-9-20-21-10-14)22-16-8-17-13-25-18(12-23(17)11-16)15-4-2-1-3-5-15/h1-5,9-10,16-18H,6-8,11-13H2,(H,20,21)(H,22,24)/t16-,17+,18-/m1/s1. The summed E-state index contributed by atoms with van der Waals surface area (Å²) in [6.45, 7) is 2.55. The zero-order valence-corrected chi connectivity index (χ0v) is 14.2. The second-order valence-corrected chi connectivity index (χ2v) is 6.95.